The van der Waals surface area contributed by atoms with Crippen LogP contribution >= 0.6 is 23.2 Å². The number of nitrogens with zero attached hydrogens (tertiary/aromatic N) is 4. The third-order valence-electron chi connectivity index (χ3n) is 6.69. The Kier molecular flexibility index (Phi) is 8.42. The van der Waals surface area contributed by atoms with Crippen LogP contribution in [0.3, 0.4) is 0 Å². The maximum absolute atomic E-state index is 15.4. The molecule has 2 aliphatic rings. The molecule has 0 N–H and O–H groups in total. The fraction of sp³-hybridized carbons (Fsp3) is 0.520. The highest BCUT2D eigenvalue weighted by Gasteiger charge is 2.42. The number of hydrogen-bond donors (Lipinski definition) is 0. The van der Waals surface area contributed by atoms with Gasteiger partial charge in [-0.15, -0.1) is 0 Å². The number of amides is 1. The van der Waals surface area contributed by atoms with Crippen LogP contribution in [0, 0.1) is 0 Å². The number of carbonyl (C=O) groups excluding carboxylic acids is 2. The van der Waals surface area contributed by atoms with Crippen LogP contribution in [0.2, 0.25) is 10.0 Å². The summed E-state index contributed by atoms with van der Waals surface area (Å²) in [5.41, 5.74) is -0.647. The van der Waals surface area contributed by atoms with Gasteiger partial charge in [-0.2, -0.15) is 13.9 Å². The van der Waals surface area contributed by atoms with Gasteiger partial charge in [0.05, 0.1) is 52.6 Å². The maximum Gasteiger partial charge on any atom is 0.308 e. The molecule has 1 aliphatic heterocycles. The second-order valence-corrected chi connectivity index (χ2v) is 9.93. The fourth-order valence-electron chi connectivity index (χ4n) is 4.94. The minimum atomic E-state index is -3.42. The number of Topliss-reactive ketones (excluding diaryl/α,β-unsaturated/α-hetero) is 1. The molecule has 0 radical (unpaired) electrons. The van der Waals surface area contributed by atoms with E-state index in [0.717, 1.165) is 25.3 Å². The zero-order valence-electron chi connectivity index (χ0n) is 19.9. The van der Waals surface area contributed by atoms with Gasteiger partial charge in [0.1, 0.15) is 5.69 Å². The van der Waals surface area contributed by atoms with Crippen LogP contribution in [0.1, 0.15) is 77.9 Å². The molecule has 1 amide bonds. The Morgan fingerprint density at radius 2 is 1.86 bits per heavy atom. The topological polar surface area (TPSA) is 77.3 Å². The number of hydrogen-bond acceptors (Lipinski definition) is 5. The highest BCUT2D eigenvalue weighted by molar-refractivity contribution is 6.39. The lowest BCUT2D eigenvalue weighted by molar-refractivity contribution is 0.0349. The van der Waals surface area contributed by atoms with Gasteiger partial charge in [0.15, 0.2) is 5.78 Å². The second kappa shape index (κ2) is 11.4. The van der Waals surface area contributed by atoms with Crippen LogP contribution < -0.4 is 0 Å². The molecule has 1 saturated carbocycles. The average Bonchev–Trinajstić information content (AvgIpc) is 3.53. The Bertz CT molecular complexity index is 1120. The zero-order chi connectivity index (χ0) is 25.9. The van der Waals surface area contributed by atoms with E-state index in [1.54, 1.807) is 0 Å². The van der Waals surface area contributed by atoms with Crippen molar-refractivity contribution in [1.29, 1.82) is 0 Å². The summed E-state index contributed by atoms with van der Waals surface area (Å²) >= 11 is 12.3. The number of pyridine rings is 1. The molecule has 0 aromatic carbocycles. The van der Waals surface area contributed by atoms with Crippen molar-refractivity contribution in [2.75, 3.05) is 19.8 Å². The van der Waals surface area contributed by atoms with Crippen LogP contribution in [-0.2, 0) is 10.7 Å². The lowest BCUT2D eigenvalue weighted by atomic mass is 9.95. The number of carbonyl (C=O) groups is 2. The summed E-state index contributed by atoms with van der Waals surface area (Å²) in [7, 11) is 0. The molecule has 7 nitrogen and oxygen atoms in total. The smallest absolute Gasteiger partial charge is 0.308 e. The number of rotatable bonds is 8. The van der Waals surface area contributed by atoms with Gasteiger partial charge in [0.25, 0.3) is 5.91 Å². The minimum absolute atomic E-state index is 0.0300. The number of halogens is 4. The Balaban J connectivity index is 1.74. The van der Waals surface area contributed by atoms with Gasteiger partial charge in [-0.05, 0) is 32.3 Å². The van der Waals surface area contributed by atoms with Crippen molar-refractivity contribution in [3.05, 3.63) is 57.6 Å². The number of ketones is 1. The van der Waals surface area contributed by atoms with E-state index in [0.29, 0.717) is 25.9 Å². The predicted molar refractivity (Wildman–Crippen MR) is 132 cm³/mol. The molecule has 2 aromatic rings. The van der Waals surface area contributed by atoms with Gasteiger partial charge in [-0.25, -0.2) is 0 Å². The first-order valence-corrected chi connectivity index (χ1v) is 12.8. The van der Waals surface area contributed by atoms with E-state index in [1.165, 1.54) is 41.2 Å². The first kappa shape index (κ1) is 26.7. The van der Waals surface area contributed by atoms with Crippen molar-refractivity contribution >= 4 is 34.9 Å². The zero-order valence-corrected chi connectivity index (χ0v) is 21.4. The largest absolute Gasteiger partial charge is 0.379 e. The van der Waals surface area contributed by atoms with E-state index in [2.05, 4.69) is 10.1 Å². The number of allylic oxidation sites excluding steroid dienone is 2. The van der Waals surface area contributed by atoms with Crippen molar-refractivity contribution in [2.24, 2.45) is 0 Å². The van der Waals surface area contributed by atoms with Crippen molar-refractivity contribution < 1.29 is 23.1 Å². The molecular formula is C25H28Cl2F2N4O3. The van der Waals surface area contributed by atoms with Crippen molar-refractivity contribution in [3.8, 4) is 0 Å². The Hall–Kier alpha value is -2.36. The van der Waals surface area contributed by atoms with Gasteiger partial charge >= 0.3 is 5.92 Å². The van der Waals surface area contributed by atoms with Gasteiger partial charge < -0.3 is 9.64 Å². The first-order chi connectivity index (χ1) is 17.2. The Morgan fingerprint density at radius 1 is 1.17 bits per heavy atom. The minimum Gasteiger partial charge on any atom is -0.379 e. The molecule has 1 unspecified atom stereocenters. The molecule has 3 heterocycles. The van der Waals surface area contributed by atoms with Crippen LogP contribution in [0.15, 0.2) is 30.7 Å². The van der Waals surface area contributed by atoms with E-state index in [1.807, 2.05) is 0 Å². The molecule has 0 spiro atoms. The normalized spacial score (nSPS) is 19.2. The summed E-state index contributed by atoms with van der Waals surface area (Å²) in [5, 5.41) is 4.37. The summed E-state index contributed by atoms with van der Waals surface area (Å²) in [6, 6.07) is -0.687. The monoisotopic (exact) mass is 540 g/mol. The first-order valence-electron chi connectivity index (χ1n) is 12.0. The number of ether oxygens (including phenoxy) is 1. The van der Waals surface area contributed by atoms with E-state index in [4.69, 9.17) is 27.9 Å². The van der Waals surface area contributed by atoms with Crippen LogP contribution in [-0.4, -0.2) is 57.2 Å². The van der Waals surface area contributed by atoms with E-state index >= 15 is 8.78 Å². The average molecular weight is 541 g/mol. The SMILES string of the molecule is C/C=C/C(F)(F)c1c(C(=O)N(CC(=O)c2c(Cl)cncc2Cl)C2CCOC2)cnn1C1CCCCC1. The van der Waals surface area contributed by atoms with Gasteiger partial charge in [0, 0.05) is 19.0 Å². The van der Waals surface area contributed by atoms with Crippen molar-refractivity contribution in [1.82, 2.24) is 19.7 Å². The van der Waals surface area contributed by atoms with Gasteiger partial charge in [-0.1, -0.05) is 48.5 Å². The third kappa shape index (κ3) is 5.48. The highest BCUT2D eigenvalue weighted by atomic mass is 35.5. The molecule has 2 aromatic heterocycles. The van der Waals surface area contributed by atoms with Crippen molar-refractivity contribution in [2.45, 2.75) is 63.5 Å². The molecule has 1 saturated heterocycles. The van der Waals surface area contributed by atoms with E-state index in [9.17, 15) is 9.59 Å². The Morgan fingerprint density at radius 3 is 2.47 bits per heavy atom. The summed E-state index contributed by atoms with van der Waals surface area (Å²) in [6.45, 7) is 1.68. The number of aromatic nitrogens is 3. The van der Waals surface area contributed by atoms with E-state index in [-0.39, 0.29) is 33.8 Å². The molecule has 1 aliphatic carbocycles. The fourth-order valence-corrected chi connectivity index (χ4v) is 5.52. The summed E-state index contributed by atoms with van der Waals surface area (Å²) in [5.74, 6) is -4.65. The molecule has 0 bridgehead atoms. The van der Waals surface area contributed by atoms with Gasteiger partial charge in [-0.3, -0.25) is 19.3 Å². The maximum atomic E-state index is 15.4. The molecule has 2 fully saturated rings. The molecule has 4 rings (SSSR count). The van der Waals surface area contributed by atoms with Crippen LogP contribution in [0.5, 0.6) is 0 Å². The van der Waals surface area contributed by atoms with Crippen LogP contribution in [0.25, 0.3) is 0 Å². The van der Waals surface area contributed by atoms with E-state index < -0.39 is 35.9 Å². The number of alkyl halides is 2. The highest BCUT2D eigenvalue weighted by Crippen LogP contribution is 2.38. The second-order valence-electron chi connectivity index (χ2n) is 9.12. The lowest BCUT2D eigenvalue weighted by Crippen LogP contribution is -2.44. The predicted octanol–water partition coefficient (Wildman–Crippen LogP) is 5.87. The molecule has 194 valence electrons. The van der Waals surface area contributed by atoms with Gasteiger partial charge in [0.2, 0.25) is 0 Å². The molecule has 36 heavy (non-hydrogen) atoms. The molecule has 11 heteroatoms. The standard InChI is InChI=1S/C25H28Cl2F2N4O3/c1-2-9-25(28,29)23-18(11-31-33(23)16-6-4-3-5-7-16)24(35)32(17-8-10-36-15-17)14-21(34)22-19(26)12-30-13-20(22)27/h2,9,11-13,16-17H,3-8,10,14-15H2,1H3/b9-2+. The summed E-state index contributed by atoms with van der Waals surface area (Å²) < 4.78 is 37.7. The summed E-state index contributed by atoms with van der Waals surface area (Å²) in [6.07, 6.45) is 10.6. The molecule has 1 atom stereocenters. The van der Waals surface area contributed by atoms with Crippen LogP contribution in [0.4, 0.5) is 8.78 Å². The quantitative estimate of drug-likeness (QED) is 0.309. The third-order valence-corrected chi connectivity index (χ3v) is 7.26. The molecular weight excluding hydrogens is 513 g/mol. The Labute approximate surface area is 218 Å². The van der Waals surface area contributed by atoms with Crippen molar-refractivity contribution in [3.63, 3.8) is 0 Å². The lowest BCUT2D eigenvalue weighted by Gasteiger charge is -2.29. The summed E-state index contributed by atoms with van der Waals surface area (Å²) in [4.78, 5) is 32.2.